The van der Waals surface area contributed by atoms with Gasteiger partial charge in [0.1, 0.15) is 5.56 Å². The molecule has 0 aliphatic carbocycles. The fraction of sp³-hybridized carbons (Fsp3) is 0.455. The lowest BCUT2D eigenvalue weighted by atomic mass is 10.0. The van der Waals surface area contributed by atoms with Crippen LogP contribution in [0.15, 0.2) is 12.1 Å². The van der Waals surface area contributed by atoms with Gasteiger partial charge >= 0.3 is 0 Å². The van der Waals surface area contributed by atoms with Gasteiger partial charge in [0, 0.05) is 6.61 Å². The van der Waals surface area contributed by atoms with Crippen molar-refractivity contribution in [1.29, 1.82) is 0 Å². The summed E-state index contributed by atoms with van der Waals surface area (Å²) in [5, 5.41) is 41.3. The summed E-state index contributed by atoms with van der Waals surface area (Å²) in [6.45, 7) is -0.0373. The zero-order valence-corrected chi connectivity index (χ0v) is 10.9. The second kappa shape index (κ2) is 7.24. The van der Waals surface area contributed by atoms with Crippen molar-refractivity contribution < 1.29 is 19.9 Å². The largest absolute Gasteiger partial charge is 0.396 e. The molecule has 114 valence electrons. The zero-order valence-electron chi connectivity index (χ0n) is 10.9. The SMILES string of the molecule is O=[N+]([O-])c1cc([N+](=O)[O-])c(CCCCCO)c([N+](=O)[O-])c1. The third-order valence-electron chi connectivity index (χ3n) is 2.88. The van der Waals surface area contributed by atoms with E-state index in [9.17, 15) is 30.3 Å². The molecule has 0 bridgehead atoms. The number of benzene rings is 1. The van der Waals surface area contributed by atoms with Crippen molar-refractivity contribution in [2.45, 2.75) is 25.7 Å². The lowest BCUT2D eigenvalue weighted by molar-refractivity contribution is -0.404. The van der Waals surface area contributed by atoms with Crippen molar-refractivity contribution >= 4 is 17.1 Å². The number of nitro benzene ring substituents is 3. The molecule has 10 heteroatoms. The van der Waals surface area contributed by atoms with Crippen LogP contribution in [0, 0.1) is 30.3 Å². The topological polar surface area (TPSA) is 150 Å². The van der Waals surface area contributed by atoms with E-state index in [0.717, 1.165) is 12.1 Å². The van der Waals surface area contributed by atoms with E-state index >= 15 is 0 Å². The zero-order chi connectivity index (χ0) is 16.0. The maximum Gasteiger partial charge on any atom is 0.286 e. The molecule has 0 unspecified atom stereocenters. The second-order valence-electron chi connectivity index (χ2n) is 4.27. The number of aliphatic hydroxyl groups excluding tert-OH is 1. The van der Waals surface area contributed by atoms with Gasteiger partial charge in [-0.1, -0.05) is 6.42 Å². The first kappa shape index (κ1) is 16.4. The highest BCUT2D eigenvalue weighted by Crippen LogP contribution is 2.34. The Labute approximate surface area is 118 Å². The maximum absolute atomic E-state index is 11.0. The molecule has 1 aromatic carbocycles. The van der Waals surface area contributed by atoms with Crippen LogP contribution in [-0.2, 0) is 6.42 Å². The lowest BCUT2D eigenvalue weighted by Crippen LogP contribution is -2.03. The van der Waals surface area contributed by atoms with E-state index in [4.69, 9.17) is 5.11 Å². The smallest absolute Gasteiger partial charge is 0.286 e. The Morgan fingerprint density at radius 1 is 0.857 bits per heavy atom. The van der Waals surface area contributed by atoms with Crippen molar-refractivity contribution in [3.8, 4) is 0 Å². The van der Waals surface area contributed by atoms with Crippen LogP contribution in [-0.4, -0.2) is 26.5 Å². The van der Waals surface area contributed by atoms with E-state index < -0.39 is 31.8 Å². The van der Waals surface area contributed by atoms with E-state index in [1.54, 1.807) is 0 Å². The number of nitrogens with zero attached hydrogens (tertiary/aromatic N) is 3. The van der Waals surface area contributed by atoms with Gasteiger partial charge in [0.15, 0.2) is 0 Å². The number of hydrogen-bond acceptors (Lipinski definition) is 7. The summed E-state index contributed by atoms with van der Waals surface area (Å²) in [7, 11) is 0. The minimum absolute atomic E-state index is 0.0373. The molecule has 0 aliphatic heterocycles. The standard InChI is InChI=1S/C11H13N3O7/c15-5-3-1-2-4-9-10(13(18)19)6-8(12(16)17)7-11(9)14(20)21/h6-7,15H,1-5H2. The highest BCUT2D eigenvalue weighted by Gasteiger charge is 2.29. The molecule has 21 heavy (non-hydrogen) atoms. The van der Waals surface area contributed by atoms with Gasteiger partial charge in [0.2, 0.25) is 0 Å². The molecule has 0 amide bonds. The van der Waals surface area contributed by atoms with Gasteiger partial charge in [-0.05, 0) is 19.3 Å². The van der Waals surface area contributed by atoms with Gasteiger partial charge in [-0.25, -0.2) is 0 Å². The van der Waals surface area contributed by atoms with Gasteiger partial charge in [-0.2, -0.15) is 0 Å². The Morgan fingerprint density at radius 3 is 1.76 bits per heavy atom. The molecule has 1 N–H and O–H groups in total. The number of nitro groups is 3. The highest BCUT2D eigenvalue weighted by atomic mass is 16.6. The number of aliphatic hydroxyl groups is 1. The van der Waals surface area contributed by atoms with Gasteiger partial charge in [-0.15, -0.1) is 0 Å². The number of hydrogen-bond donors (Lipinski definition) is 1. The summed E-state index contributed by atoms with van der Waals surface area (Å²) < 4.78 is 0. The number of unbranched alkanes of at least 4 members (excludes halogenated alkanes) is 2. The molecule has 0 saturated heterocycles. The Kier molecular flexibility index (Phi) is 5.67. The van der Waals surface area contributed by atoms with Crippen molar-refractivity contribution in [2.75, 3.05) is 6.61 Å². The molecule has 0 aliphatic rings. The fourth-order valence-electron chi connectivity index (χ4n) is 1.90. The van der Waals surface area contributed by atoms with Crippen molar-refractivity contribution in [3.63, 3.8) is 0 Å². The average Bonchev–Trinajstić information content (AvgIpc) is 2.42. The third kappa shape index (κ3) is 4.18. The Hall–Kier alpha value is -2.62. The van der Waals surface area contributed by atoms with Crippen LogP contribution < -0.4 is 0 Å². The first-order valence-corrected chi connectivity index (χ1v) is 6.09. The molecule has 0 radical (unpaired) electrons. The number of non-ortho nitro benzene ring substituents is 1. The van der Waals surface area contributed by atoms with E-state index in [1.807, 2.05) is 0 Å². The highest BCUT2D eigenvalue weighted by molar-refractivity contribution is 5.60. The third-order valence-corrected chi connectivity index (χ3v) is 2.88. The first-order chi connectivity index (χ1) is 9.88. The van der Waals surface area contributed by atoms with Crippen LogP contribution in [0.2, 0.25) is 0 Å². The summed E-state index contributed by atoms with van der Waals surface area (Å²) in [4.78, 5) is 30.0. The lowest BCUT2D eigenvalue weighted by Gasteiger charge is -2.04. The quantitative estimate of drug-likeness (QED) is 0.438. The van der Waals surface area contributed by atoms with Crippen LogP contribution in [0.1, 0.15) is 24.8 Å². The molecule has 1 rings (SSSR count). The predicted octanol–water partition coefficient (Wildman–Crippen LogP) is 2.12. The minimum atomic E-state index is -0.907. The summed E-state index contributed by atoms with van der Waals surface area (Å²) in [6.07, 6.45) is 1.47. The van der Waals surface area contributed by atoms with Crippen LogP contribution >= 0.6 is 0 Å². The van der Waals surface area contributed by atoms with Gasteiger partial charge in [0.25, 0.3) is 17.1 Å². The van der Waals surface area contributed by atoms with E-state index in [2.05, 4.69) is 0 Å². The summed E-state index contributed by atoms with van der Waals surface area (Å²) in [5.74, 6) is 0. The molecule has 0 fully saturated rings. The fourth-order valence-corrected chi connectivity index (χ4v) is 1.90. The summed E-state index contributed by atoms with van der Waals surface area (Å²) in [5.41, 5.74) is -2.07. The van der Waals surface area contributed by atoms with E-state index in [0.29, 0.717) is 19.3 Å². The molecule has 10 nitrogen and oxygen atoms in total. The van der Waals surface area contributed by atoms with Gasteiger partial charge in [-0.3, -0.25) is 30.3 Å². The monoisotopic (exact) mass is 299 g/mol. The van der Waals surface area contributed by atoms with Crippen molar-refractivity contribution in [1.82, 2.24) is 0 Å². The van der Waals surface area contributed by atoms with Gasteiger partial charge < -0.3 is 5.11 Å². The number of rotatable bonds is 8. The Balaban J connectivity index is 3.26. The molecular weight excluding hydrogens is 286 g/mol. The summed E-state index contributed by atoms with van der Waals surface area (Å²) >= 11 is 0. The van der Waals surface area contributed by atoms with Crippen LogP contribution in [0.25, 0.3) is 0 Å². The maximum atomic E-state index is 11.0. The van der Waals surface area contributed by atoms with Crippen LogP contribution in [0.4, 0.5) is 17.1 Å². The predicted molar refractivity (Wildman–Crippen MR) is 71.0 cm³/mol. The van der Waals surface area contributed by atoms with E-state index in [1.165, 1.54) is 0 Å². The normalized spacial score (nSPS) is 10.3. The second-order valence-corrected chi connectivity index (χ2v) is 4.27. The Morgan fingerprint density at radius 2 is 1.38 bits per heavy atom. The van der Waals surface area contributed by atoms with Crippen LogP contribution in [0.3, 0.4) is 0 Å². The van der Waals surface area contributed by atoms with Gasteiger partial charge in [0.05, 0.1) is 26.9 Å². The minimum Gasteiger partial charge on any atom is -0.396 e. The molecule has 0 heterocycles. The molecular formula is C11H13N3O7. The van der Waals surface area contributed by atoms with E-state index in [-0.39, 0.29) is 18.6 Å². The van der Waals surface area contributed by atoms with Crippen molar-refractivity contribution in [3.05, 3.63) is 48.0 Å². The van der Waals surface area contributed by atoms with Crippen LogP contribution in [0.5, 0.6) is 0 Å². The molecule has 1 aromatic rings. The van der Waals surface area contributed by atoms with Crippen molar-refractivity contribution in [2.24, 2.45) is 0 Å². The molecule has 0 atom stereocenters. The molecule has 0 aromatic heterocycles. The first-order valence-electron chi connectivity index (χ1n) is 6.09. The average molecular weight is 299 g/mol. The molecule has 0 saturated carbocycles. The Bertz CT molecular complexity index is 538. The molecule has 0 spiro atoms. The summed E-state index contributed by atoms with van der Waals surface area (Å²) in [6, 6.07) is 1.46.